The minimum absolute atomic E-state index is 0.118. The predicted molar refractivity (Wildman–Crippen MR) is 105 cm³/mol. The van der Waals surface area contributed by atoms with Crippen LogP contribution in [0.3, 0.4) is 0 Å². The fourth-order valence-electron chi connectivity index (χ4n) is 2.94. The number of nitrogens with zero attached hydrogens (tertiary/aromatic N) is 1. The highest BCUT2D eigenvalue weighted by molar-refractivity contribution is 7.92. The van der Waals surface area contributed by atoms with Crippen LogP contribution >= 0.6 is 0 Å². The molecule has 0 aromatic heterocycles. The summed E-state index contributed by atoms with van der Waals surface area (Å²) in [7, 11) is -3.92. The van der Waals surface area contributed by atoms with Crippen molar-refractivity contribution in [2.75, 3.05) is 10.6 Å². The molecule has 0 aliphatic carbocycles. The molecule has 0 bridgehead atoms. The summed E-state index contributed by atoms with van der Waals surface area (Å²) < 4.78 is 52.2. The summed E-state index contributed by atoms with van der Waals surface area (Å²) in [5.41, 5.74) is 1.86. The van der Waals surface area contributed by atoms with Crippen molar-refractivity contribution in [3.8, 4) is 0 Å². The Kier molecular flexibility index (Phi) is 6.77. The molecule has 0 unspecified atom stereocenters. The van der Waals surface area contributed by atoms with Gasteiger partial charge in [0.05, 0.1) is 18.0 Å². The minimum atomic E-state index is -3.92. The van der Waals surface area contributed by atoms with E-state index in [4.69, 9.17) is 0 Å². The van der Waals surface area contributed by atoms with Gasteiger partial charge in [0.15, 0.2) is 11.6 Å². The van der Waals surface area contributed by atoms with E-state index in [0.29, 0.717) is 6.42 Å². The lowest BCUT2D eigenvalue weighted by molar-refractivity contribution is -0.122. The zero-order chi connectivity index (χ0) is 21.1. The van der Waals surface area contributed by atoms with Gasteiger partial charge in [-0.1, -0.05) is 36.8 Å². The number of aryl methyl sites for hydroxylation is 1. The van der Waals surface area contributed by atoms with Crippen molar-refractivity contribution in [2.45, 2.75) is 39.3 Å². The van der Waals surface area contributed by atoms with Crippen molar-refractivity contribution in [3.63, 3.8) is 0 Å². The number of halogens is 2. The average molecular weight is 410 g/mol. The quantitative estimate of drug-likeness (QED) is 0.757. The third-order valence-corrected chi connectivity index (χ3v) is 5.69. The van der Waals surface area contributed by atoms with Crippen molar-refractivity contribution >= 4 is 21.6 Å². The number of nitrogens with one attached hydrogen (secondary N) is 1. The Bertz CT molecular complexity index is 946. The van der Waals surface area contributed by atoms with Crippen LogP contribution in [0.4, 0.5) is 14.5 Å². The van der Waals surface area contributed by atoms with Crippen LogP contribution in [0.25, 0.3) is 0 Å². The lowest BCUT2D eigenvalue weighted by Gasteiger charge is -2.30. The van der Waals surface area contributed by atoms with E-state index in [-0.39, 0.29) is 11.7 Å². The zero-order valence-corrected chi connectivity index (χ0v) is 17.1. The standard InChI is InChI=1S/C20H24F2N2O3S/c1-5-19(15-8-6-13(2)7-9-15)23-20(25)14(3)24(28(4,26)27)16-10-11-17(21)18(22)12-16/h6-12,14,19H,5H2,1-4H3,(H,23,25)/t14-,19-/m1/s1. The molecule has 0 fully saturated rings. The second-order valence-corrected chi connectivity index (χ2v) is 8.57. The zero-order valence-electron chi connectivity index (χ0n) is 16.2. The number of carbonyl (C=O) groups excluding carboxylic acids is 1. The Morgan fingerprint density at radius 2 is 1.71 bits per heavy atom. The van der Waals surface area contributed by atoms with Crippen molar-refractivity contribution in [2.24, 2.45) is 0 Å². The molecule has 28 heavy (non-hydrogen) atoms. The first-order valence-electron chi connectivity index (χ1n) is 8.86. The van der Waals surface area contributed by atoms with Crippen LogP contribution in [0.5, 0.6) is 0 Å². The largest absolute Gasteiger partial charge is 0.347 e. The van der Waals surface area contributed by atoms with Gasteiger partial charge in [-0.05, 0) is 38.0 Å². The molecule has 0 saturated heterocycles. The summed E-state index contributed by atoms with van der Waals surface area (Å²) in [5.74, 6) is -2.83. The van der Waals surface area contributed by atoms with Crippen molar-refractivity contribution in [3.05, 3.63) is 65.2 Å². The highest BCUT2D eigenvalue weighted by Gasteiger charge is 2.30. The molecule has 0 saturated carbocycles. The normalized spacial score (nSPS) is 13.6. The first-order valence-corrected chi connectivity index (χ1v) is 10.7. The molecule has 1 amide bonds. The first-order chi connectivity index (χ1) is 13.0. The van der Waals surface area contributed by atoms with E-state index in [2.05, 4.69) is 5.32 Å². The SMILES string of the molecule is CC[C@@H](NC(=O)[C@@H](C)N(c1ccc(F)c(F)c1)S(C)(=O)=O)c1ccc(C)cc1. The van der Waals surface area contributed by atoms with Gasteiger partial charge in [-0.3, -0.25) is 9.10 Å². The van der Waals surface area contributed by atoms with Gasteiger partial charge in [0.1, 0.15) is 6.04 Å². The lowest BCUT2D eigenvalue weighted by Crippen LogP contribution is -2.48. The molecule has 0 radical (unpaired) electrons. The van der Waals surface area contributed by atoms with Crippen molar-refractivity contribution < 1.29 is 22.0 Å². The molecule has 2 rings (SSSR count). The maximum atomic E-state index is 13.6. The predicted octanol–water partition coefficient (Wildman–Crippen LogP) is 3.70. The van der Waals surface area contributed by atoms with Crippen LogP contribution in [0, 0.1) is 18.6 Å². The Balaban J connectivity index is 2.30. The van der Waals surface area contributed by atoms with Gasteiger partial charge in [0, 0.05) is 6.07 Å². The van der Waals surface area contributed by atoms with Gasteiger partial charge in [0.25, 0.3) is 0 Å². The summed E-state index contributed by atoms with van der Waals surface area (Å²) in [6, 6.07) is 8.92. The van der Waals surface area contributed by atoms with Gasteiger partial charge in [0.2, 0.25) is 15.9 Å². The fraction of sp³-hybridized carbons (Fsp3) is 0.350. The molecule has 0 aliphatic heterocycles. The topological polar surface area (TPSA) is 66.5 Å². The Labute approximate surface area is 164 Å². The van der Waals surface area contributed by atoms with Crippen molar-refractivity contribution in [1.82, 2.24) is 5.32 Å². The summed E-state index contributed by atoms with van der Waals surface area (Å²) in [5, 5.41) is 2.84. The third-order valence-electron chi connectivity index (χ3n) is 4.45. The average Bonchev–Trinajstić information content (AvgIpc) is 2.62. The second kappa shape index (κ2) is 8.68. The molecule has 8 heteroatoms. The van der Waals surface area contributed by atoms with Crippen LogP contribution < -0.4 is 9.62 Å². The van der Waals surface area contributed by atoms with Crippen molar-refractivity contribution in [1.29, 1.82) is 0 Å². The van der Waals surface area contributed by atoms with Gasteiger partial charge in [-0.15, -0.1) is 0 Å². The second-order valence-electron chi connectivity index (χ2n) is 6.71. The summed E-state index contributed by atoms with van der Waals surface area (Å²) >= 11 is 0. The van der Waals surface area contributed by atoms with Crippen LogP contribution in [0.2, 0.25) is 0 Å². The van der Waals surface area contributed by atoms with E-state index in [1.54, 1.807) is 0 Å². The molecule has 0 spiro atoms. The molecule has 2 aromatic carbocycles. The van der Waals surface area contributed by atoms with E-state index in [9.17, 15) is 22.0 Å². The Morgan fingerprint density at radius 3 is 2.21 bits per heavy atom. The summed E-state index contributed by atoms with van der Waals surface area (Å²) in [6.07, 6.45) is 1.51. The summed E-state index contributed by atoms with van der Waals surface area (Å²) in [4.78, 5) is 12.8. The molecule has 0 heterocycles. The minimum Gasteiger partial charge on any atom is -0.347 e. The number of amides is 1. The Hall–Kier alpha value is -2.48. The number of anilines is 1. The number of rotatable bonds is 7. The lowest BCUT2D eigenvalue weighted by atomic mass is 10.0. The third kappa shape index (κ3) is 5.07. The maximum absolute atomic E-state index is 13.6. The van der Waals surface area contributed by atoms with Crippen LogP contribution in [-0.2, 0) is 14.8 Å². The van der Waals surface area contributed by atoms with Gasteiger partial charge in [-0.2, -0.15) is 0 Å². The van der Waals surface area contributed by atoms with E-state index in [1.165, 1.54) is 6.92 Å². The molecule has 0 aliphatic rings. The van der Waals surface area contributed by atoms with Crippen LogP contribution in [-0.4, -0.2) is 26.6 Å². The number of hydrogen-bond donors (Lipinski definition) is 1. The number of hydrogen-bond acceptors (Lipinski definition) is 3. The summed E-state index contributed by atoms with van der Waals surface area (Å²) in [6.45, 7) is 5.26. The van der Waals surface area contributed by atoms with Gasteiger partial charge >= 0.3 is 0 Å². The van der Waals surface area contributed by atoms with Crippen LogP contribution in [0.1, 0.15) is 37.4 Å². The molecular formula is C20H24F2N2O3S. The number of sulfonamides is 1. The van der Waals surface area contributed by atoms with Gasteiger partial charge < -0.3 is 5.32 Å². The smallest absolute Gasteiger partial charge is 0.244 e. The number of benzene rings is 2. The van der Waals surface area contributed by atoms with E-state index >= 15 is 0 Å². The van der Waals surface area contributed by atoms with Gasteiger partial charge in [-0.25, -0.2) is 17.2 Å². The molecular weight excluding hydrogens is 386 g/mol. The number of carbonyl (C=O) groups is 1. The van der Waals surface area contributed by atoms with E-state index in [1.807, 2.05) is 38.1 Å². The monoisotopic (exact) mass is 410 g/mol. The molecule has 1 N–H and O–H groups in total. The molecule has 2 aromatic rings. The molecule has 5 nitrogen and oxygen atoms in total. The van der Waals surface area contributed by atoms with E-state index in [0.717, 1.165) is 39.9 Å². The first kappa shape index (κ1) is 21.8. The maximum Gasteiger partial charge on any atom is 0.244 e. The Morgan fingerprint density at radius 1 is 1.11 bits per heavy atom. The van der Waals surface area contributed by atoms with Crippen LogP contribution in [0.15, 0.2) is 42.5 Å². The van der Waals surface area contributed by atoms with E-state index < -0.39 is 33.6 Å². The highest BCUT2D eigenvalue weighted by atomic mass is 32.2. The molecule has 2 atom stereocenters. The highest BCUT2D eigenvalue weighted by Crippen LogP contribution is 2.24. The fourth-order valence-corrected chi connectivity index (χ4v) is 4.11. The molecule has 152 valence electrons.